The van der Waals surface area contributed by atoms with E-state index in [0.717, 1.165) is 22.1 Å². The molecule has 2 aromatic carbocycles. The summed E-state index contributed by atoms with van der Waals surface area (Å²) in [7, 11) is 0. The molecule has 1 aliphatic rings. The molecule has 1 aliphatic carbocycles. The van der Waals surface area contributed by atoms with Crippen LogP contribution in [-0.4, -0.2) is 5.11 Å². The number of hydrogen-bond donors (Lipinski definition) is 1. The van der Waals surface area contributed by atoms with E-state index in [0.29, 0.717) is 6.42 Å². The lowest BCUT2D eigenvalue weighted by atomic mass is 9.80. The summed E-state index contributed by atoms with van der Waals surface area (Å²) in [6.45, 7) is 0. The highest BCUT2D eigenvalue weighted by Crippen LogP contribution is 2.36. The van der Waals surface area contributed by atoms with E-state index < -0.39 is 6.10 Å². The van der Waals surface area contributed by atoms with Gasteiger partial charge in [0.1, 0.15) is 0 Å². The van der Waals surface area contributed by atoms with Gasteiger partial charge in [-0.1, -0.05) is 60.5 Å². The maximum absolute atomic E-state index is 10.3. The third kappa shape index (κ3) is 2.89. The summed E-state index contributed by atoms with van der Waals surface area (Å²) in [6.07, 6.45) is 4.03. The van der Waals surface area contributed by atoms with Crippen LogP contribution in [0.2, 0.25) is 5.02 Å². The van der Waals surface area contributed by atoms with Gasteiger partial charge in [0.25, 0.3) is 0 Å². The first kappa shape index (κ1) is 13.7. The zero-order valence-electron chi connectivity index (χ0n) is 11.4. The van der Waals surface area contributed by atoms with Gasteiger partial charge in [-0.2, -0.15) is 0 Å². The van der Waals surface area contributed by atoms with E-state index in [1.54, 1.807) is 0 Å². The van der Waals surface area contributed by atoms with Gasteiger partial charge in [0, 0.05) is 11.4 Å². The van der Waals surface area contributed by atoms with Gasteiger partial charge in [0.15, 0.2) is 0 Å². The molecule has 2 heteroatoms. The van der Waals surface area contributed by atoms with E-state index in [-0.39, 0.29) is 0 Å². The van der Waals surface area contributed by atoms with E-state index in [4.69, 9.17) is 11.6 Å². The number of aliphatic hydroxyl groups excluding tert-OH is 1. The molecule has 0 aromatic heterocycles. The van der Waals surface area contributed by atoms with Crippen LogP contribution in [0.5, 0.6) is 0 Å². The Bertz CT molecular complexity index is 572. The Morgan fingerprint density at radius 1 is 1.05 bits per heavy atom. The van der Waals surface area contributed by atoms with Crippen molar-refractivity contribution >= 4 is 11.6 Å². The zero-order chi connectivity index (χ0) is 13.9. The Balaban J connectivity index is 1.70. The number of halogens is 1. The minimum Gasteiger partial charge on any atom is -0.388 e. The van der Waals surface area contributed by atoms with Crippen molar-refractivity contribution in [3.63, 3.8) is 0 Å². The van der Waals surface area contributed by atoms with E-state index in [9.17, 15) is 5.11 Å². The van der Waals surface area contributed by atoms with Crippen molar-refractivity contribution in [1.29, 1.82) is 0 Å². The lowest BCUT2D eigenvalue weighted by Gasteiger charge is -2.26. The monoisotopic (exact) mass is 286 g/mol. The lowest BCUT2D eigenvalue weighted by Crippen LogP contribution is -2.09. The van der Waals surface area contributed by atoms with Gasteiger partial charge in [-0.3, -0.25) is 0 Å². The van der Waals surface area contributed by atoms with E-state index >= 15 is 0 Å². The van der Waals surface area contributed by atoms with Crippen LogP contribution in [0.1, 0.15) is 48.0 Å². The molecule has 1 atom stereocenters. The molecule has 0 radical (unpaired) electrons. The standard InChI is InChI=1S/C18H19ClO/c19-17-7-2-1-4-16(17)12-18(20)15-10-8-14(9-11-15)13-5-3-6-13/h1-2,4,7-11,13,18,20H,3,5-6,12H2. The molecule has 1 unspecified atom stereocenters. The smallest absolute Gasteiger partial charge is 0.0830 e. The second-order valence-electron chi connectivity index (χ2n) is 5.61. The van der Waals surface area contributed by atoms with Crippen LogP contribution in [0, 0.1) is 0 Å². The van der Waals surface area contributed by atoms with Gasteiger partial charge in [-0.25, -0.2) is 0 Å². The minimum atomic E-state index is -0.495. The zero-order valence-corrected chi connectivity index (χ0v) is 12.2. The largest absolute Gasteiger partial charge is 0.388 e. The predicted molar refractivity (Wildman–Crippen MR) is 83.1 cm³/mol. The molecule has 2 aromatic rings. The van der Waals surface area contributed by atoms with E-state index in [2.05, 4.69) is 24.3 Å². The molecule has 104 valence electrons. The fraction of sp³-hybridized carbons (Fsp3) is 0.333. The molecular formula is C18H19ClO. The fourth-order valence-electron chi connectivity index (χ4n) is 2.72. The Kier molecular flexibility index (Phi) is 4.09. The maximum Gasteiger partial charge on any atom is 0.0830 e. The summed E-state index contributed by atoms with van der Waals surface area (Å²) < 4.78 is 0. The van der Waals surface area contributed by atoms with Gasteiger partial charge in [0.2, 0.25) is 0 Å². The van der Waals surface area contributed by atoms with Crippen molar-refractivity contribution in [2.45, 2.75) is 37.7 Å². The van der Waals surface area contributed by atoms with Crippen molar-refractivity contribution in [3.05, 3.63) is 70.2 Å². The van der Waals surface area contributed by atoms with Crippen molar-refractivity contribution < 1.29 is 5.11 Å². The molecule has 0 saturated heterocycles. The van der Waals surface area contributed by atoms with Crippen molar-refractivity contribution in [3.8, 4) is 0 Å². The Morgan fingerprint density at radius 2 is 1.75 bits per heavy atom. The first-order chi connectivity index (χ1) is 9.74. The first-order valence-corrected chi connectivity index (χ1v) is 7.63. The molecule has 3 rings (SSSR count). The highest BCUT2D eigenvalue weighted by atomic mass is 35.5. The predicted octanol–water partition coefficient (Wildman–Crippen LogP) is 4.88. The summed E-state index contributed by atoms with van der Waals surface area (Å²) in [5.74, 6) is 0.741. The molecule has 0 aliphatic heterocycles. The third-order valence-electron chi connectivity index (χ3n) is 4.27. The molecule has 1 nitrogen and oxygen atoms in total. The Hall–Kier alpha value is -1.31. The normalized spacial score (nSPS) is 16.7. The summed E-state index contributed by atoms with van der Waals surface area (Å²) in [4.78, 5) is 0. The molecule has 0 amide bonds. The molecule has 1 saturated carbocycles. The molecule has 0 bridgehead atoms. The fourth-order valence-corrected chi connectivity index (χ4v) is 2.93. The SMILES string of the molecule is OC(Cc1ccccc1Cl)c1ccc(C2CCC2)cc1. The van der Waals surface area contributed by atoms with E-state index in [1.165, 1.54) is 24.8 Å². The van der Waals surface area contributed by atoms with Gasteiger partial charge in [-0.05, 0) is 41.5 Å². The number of aliphatic hydroxyl groups is 1. The topological polar surface area (TPSA) is 20.2 Å². The van der Waals surface area contributed by atoms with Crippen LogP contribution in [0.25, 0.3) is 0 Å². The van der Waals surface area contributed by atoms with Crippen LogP contribution in [0.4, 0.5) is 0 Å². The quantitative estimate of drug-likeness (QED) is 0.849. The molecule has 20 heavy (non-hydrogen) atoms. The Labute approximate surface area is 125 Å². The van der Waals surface area contributed by atoms with Gasteiger partial charge >= 0.3 is 0 Å². The summed E-state index contributed by atoms with van der Waals surface area (Å²) in [5, 5.41) is 11.1. The molecule has 1 N–H and O–H groups in total. The molecule has 0 spiro atoms. The van der Waals surface area contributed by atoms with Crippen LogP contribution in [-0.2, 0) is 6.42 Å². The van der Waals surface area contributed by atoms with Crippen LogP contribution in [0.15, 0.2) is 48.5 Å². The summed E-state index contributed by atoms with van der Waals surface area (Å²) >= 11 is 6.14. The second kappa shape index (κ2) is 5.99. The van der Waals surface area contributed by atoms with Crippen molar-refractivity contribution in [2.75, 3.05) is 0 Å². The van der Waals surface area contributed by atoms with E-state index in [1.807, 2.05) is 24.3 Å². The number of hydrogen-bond acceptors (Lipinski definition) is 1. The highest BCUT2D eigenvalue weighted by Gasteiger charge is 2.19. The number of rotatable bonds is 4. The van der Waals surface area contributed by atoms with Gasteiger partial charge < -0.3 is 5.11 Å². The second-order valence-corrected chi connectivity index (χ2v) is 6.01. The first-order valence-electron chi connectivity index (χ1n) is 7.25. The van der Waals surface area contributed by atoms with Crippen LogP contribution in [0.3, 0.4) is 0 Å². The third-order valence-corrected chi connectivity index (χ3v) is 4.64. The average Bonchev–Trinajstić information content (AvgIpc) is 2.40. The average molecular weight is 287 g/mol. The molecule has 1 fully saturated rings. The summed E-state index contributed by atoms with van der Waals surface area (Å²) in [6, 6.07) is 16.1. The lowest BCUT2D eigenvalue weighted by molar-refractivity contribution is 0.178. The maximum atomic E-state index is 10.3. The van der Waals surface area contributed by atoms with Crippen LogP contribution >= 0.6 is 11.6 Å². The molecular weight excluding hydrogens is 268 g/mol. The van der Waals surface area contributed by atoms with Gasteiger partial charge in [-0.15, -0.1) is 0 Å². The minimum absolute atomic E-state index is 0.495. The van der Waals surface area contributed by atoms with Gasteiger partial charge in [0.05, 0.1) is 6.10 Å². The van der Waals surface area contributed by atoms with Crippen molar-refractivity contribution in [1.82, 2.24) is 0 Å². The number of benzene rings is 2. The highest BCUT2D eigenvalue weighted by molar-refractivity contribution is 6.31. The molecule has 0 heterocycles. The van der Waals surface area contributed by atoms with Crippen LogP contribution < -0.4 is 0 Å². The Morgan fingerprint density at radius 3 is 2.35 bits per heavy atom. The van der Waals surface area contributed by atoms with Crippen molar-refractivity contribution in [2.24, 2.45) is 0 Å². The summed E-state index contributed by atoms with van der Waals surface area (Å²) in [5.41, 5.74) is 3.36.